The summed E-state index contributed by atoms with van der Waals surface area (Å²) in [5, 5.41) is 6.36. The summed E-state index contributed by atoms with van der Waals surface area (Å²) in [5.41, 5.74) is 7.71. The van der Waals surface area contributed by atoms with Gasteiger partial charge in [-0.25, -0.2) is 4.98 Å². The monoisotopic (exact) mass is 341 g/mol. The second kappa shape index (κ2) is 6.98. The van der Waals surface area contributed by atoms with Gasteiger partial charge < -0.3 is 15.5 Å². The van der Waals surface area contributed by atoms with Gasteiger partial charge in [-0.3, -0.25) is 4.79 Å². The maximum absolute atomic E-state index is 11.1. The molecule has 0 aliphatic heterocycles. The number of carbonyl (C=O) groups excluding carboxylic acids is 1. The second-order valence-corrected chi connectivity index (χ2v) is 6.49. The molecule has 1 aromatic carbocycles. The number of aromatic nitrogens is 1. The normalized spacial score (nSPS) is 12.2. The lowest BCUT2D eigenvalue weighted by atomic mass is 10.1. The molecule has 0 bridgehead atoms. The summed E-state index contributed by atoms with van der Waals surface area (Å²) < 4.78 is 5.62. The molecule has 24 heavy (non-hydrogen) atoms. The molecule has 1 atom stereocenters. The summed E-state index contributed by atoms with van der Waals surface area (Å²) in [6.07, 6.45) is 0. The molecule has 1 amide bonds. The molecule has 5 nitrogen and oxygen atoms in total. The van der Waals surface area contributed by atoms with Crippen molar-refractivity contribution in [1.82, 2.24) is 10.3 Å². The van der Waals surface area contributed by atoms with E-state index in [0.717, 1.165) is 27.8 Å². The molecule has 0 radical (unpaired) electrons. The largest absolute Gasteiger partial charge is 0.465 e. The van der Waals surface area contributed by atoms with Crippen molar-refractivity contribution in [2.24, 2.45) is 5.73 Å². The molecule has 3 rings (SSSR count). The summed E-state index contributed by atoms with van der Waals surface area (Å²) >= 11 is 1.58. The SMILES string of the molecule is Cc1ccc([C@@H](C)NCc2csc(-c3ccc(C(N)=O)cc3)n2)o1. The van der Waals surface area contributed by atoms with Crippen LogP contribution in [0.1, 0.15) is 40.5 Å². The number of nitrogens with zero attached hydrogens (tertiary/aromatic N) is 1. The fourth-order valence-electron chi connectivity index (χ4n) is 2.34. The number of hydrogen-bond donors (Lipinski definition) is 2. The quantitative estimate of drug-likeness (QED) is 0.717. The van der Waals surface area contributed by atoms with Crippen molar-refractivity contribution in [2.45, 2.75) is 26.4 Å². The Morgan fingerprint density at radius 1 is 1.29 bits per heavy atom. The lowest BCUT2D eigenvalue weighted by Gasteiger charge is -2.09. The predicted octanol–water partition coefficient (Wildman–Crippen LogP) is 3.66. The number of rotatable bonds is 6. The number of hydrogen-bond acceptors (Lipinski definition) is 5. The first-order valence-electron chi connectivity index (χ1n) is 7.67. The highest BCUT2D eigenvalue weighted by Crippen LogP contribution is 2.24. The van der Waals surface area contributed by atoms with Gasteiger partial charge in [0.2, 0.25) is 5.91 Å². The van der Waals surface area contributed by atoms with Crippen LogP contribution >= 0.6 is 11.3 Å². The molecule has 0 aliphatic carbocycles. The van der Waals surface area contributed by atoms with E-state index >= 15 is 0 Å². The van der Waals surface area contributed by atoms with Crippen molar-refractivity contribution >= 4 is 17.2 Å². The number of benzene rings is 1. The van der Waals surface area contributed by atoms with Gasteiger partial charge in [0.25, 0.3) is 0 Å². The number of nitrogens with one attached hydrogen (secondary N) is 1. The topological polar surface area (TPSA) is 81.1 Å². The zero-order valence-corrected chi connectivity index (χ0v) is 14.4. The van der Waals surface area contributed by atoms with Gasteiger partial charge in [-0.2, -0.15) is 0 Å². The van der Waals surface area contributed by atoms with E-state index in [2.05, 4.69) is 17.2 Å². The third-order valence-corrected chi connectivity index (χ3v) is 4.69. The Labute approximate surface area is 144 Å². The molecular weight excluding hydrogens is 322 g/mol. The molecule has 0 aliphatic rings. The number of amides is 1. The first kappa shape index (κ1) is 16.4. The van der Waals surface area contributed by atoms with Crippen LogP contribution < -0.4 is 11.1 Å². The van der Waals surface area contributed by atoms with Gasteiger partial charge in [0.05, 0.1) is 11.7 Å². The number of carbonyl (C=O) groups is 1. The van der Waals surface area contributed by atoms with Gasteiger partial charge in [0.15, 0.2) is 0 Å². The molecular formula is C18H19N3O2S. The number of aryl methyl sites for hydroxylation is 1. The fourth-order valence-corrected chi connectivity index (χ4v) is 3.17. The zero-order valence-electron chi connectivity index (χ0n) is 13.6. The van der Waals surface area contributed by atoms with Gasteiger partial charge >= 0.3 is 0 Å². The highest BCUT2D eigenvalue weighted by atomic mass is 32.1. The van der Waals surface area contributed by atoms with Crippen LogP contribution in [-0.2, 0) is 6.54 Å². The second-order valence-electron chi connectivity index (χ2n) is 5.64. The van der Waals surface area contributed by atoms with Gasteiger partial charge in [-0.1, -0.05) is 12.1 Å². The predicted molar refractivity (Wildman–Crippen MR) is 94.8 cm³/mol. The van der Waals surface area contributed by atoms with Crippen LogP contribution in [0.5, 0.6) is 0 Å². The van der Waals surface area contributed by atoms with Crippen molar-refractivity contribution in [3.8, 4) is 10.6 Å². The highest BCUT2D eigenvalue weighted by Gasteiger charge is 2.11. The Morgan fingerprint density at radius 2 is 2.04 bits per heavy atom. The number of furan rings is 1. The van der Waals surface area contributed by atoms with Crippen molar-refractivity contribution in [1.29, 1.82) is 0 Å². The summed E-state index contributed by atoms with van der Waals surface area (Å²) in [6.45, 7) is 4.66. The van der Waals surface area contributed by atoms with E-state index in [1.54, 1.807) is 23.5 Å². The smallest absolute Gasteiger partial charge is 0.248 e. The average molecular weight is 341 g/mol. The maximum Gasteiger partial charge on any atom is 0.248 e. The molecule has 3 aromatic rings. The minimum absolute atomic E-state index is 0.124. The Kier molecular flexibility index (Phi) is 4.78. The van der Waals surface area contributed by atoms with E-state index in [4.69, 9.17) is 10.2 Å². The molecule has 0 fully saturated rings. The molecule has 3 N–H and O–H groups in total. The summed E-state index contributed by atoms with van der Waals surface area (Å²) in [6, 6.07) is 11.2. The van der Waals surface area contributed by atoms with Crippen molar-refractivity contribution in [3.05, 3.63) is 64.6 Å². The summed E-state index contributed by atoms with van der Waals surface area (Å²) in [4.78, 5) is 15.7. The zero-order chi connectivity index (χ0) is 17.1. The minimum Gasteiger partial charge on any atom is -0.465 e. The standard InChI is InChI=1S/C18H19N3O2S/c1-11-3-8-16(23-11)12(2)20-9-15-10-24-18(21-15)14-6-4-13(5-7-14)17(19)22/h3-8,10,12,20H,9H2,1-2H3,(H2,19,22)/t12-/m1/s1. The van der Waals surface area contributed by atoms with E-state index in [1.165, 1.54) is 0 Å². The van der Waals surface area contributed by atoms with Crippen LogP contribution in [0.25, 0.3) is 10.6 Å². The van der Waals surface area contributed by atoms with Crippen molar-refractivity contribution in [3.63, 3.8) is 0 Å². The fraction of sp³-hybridized carbons (Fsp3) is 0.222. The number of thiazole rings is 1. The highest BCUT2D eigenvalue weighted by molar-refractivity contribution is 7.13. The van der Waals surface area contributed by atoms with E-state index in [-0.39, 0.29) is 6.04 Å². The third kappa shape index (κ3) is 3.72. The van der Waals surface area contributed by atoms with Crippen LogP contribution in [0.2, 0.25) is 0 Å². The van der Waals surface area contributed by atoms with Crippen LogP contribution in [0, 0.1) is 6.92 Å². The molecule has 0 saturated carbocycles. The van der Waals surface area contributed by atoms with Crippen LogP contribution in [0.15, 0.2) is 46.2 Å². The van der Waals surface area contributed by atoms with Gasteiger partial charge in [0.1, 0.15) is 16.5 Å². The molecule has 124 valence electrons. The Morgan fingerprint density at radius 3 is 2.67 bits per heavy atom. The molecule has 2 heterocycles. The molecule has 0 spiro atoms. The van der Waals surface area contributed by atoms with Crippen LogP contribution in [-0.4, -0.2) is 10.9 Å². The average Bonchev–Trinajstić information content (AvgIpc) is 3.22. The van der Waals surface area contributed by atoms with E-state index in [0.29, 0.717) is 12.1 Å². The summed E-state index contributed by atoms with van der Waals surface area (Å²) in [5.74, 6) is 1.41. The van der Waals surface area contributed by atoms with Gasteiger partial charge in [-0.15, -0.1) is 11.3 Å². The van der Waals surface area contributed by atoms with E-state index in [9.17, 15) is 4.79 Å². The first-order chi connectivity index (χ1) is 11.5. The lowest BCUT2D eigenvalue weighted by Crippen LogP contribution is -2.17. The molecule has 0 saturated heterocycles. The van der Waals surface area contributed by atoms with Crippen molar-refractivity contribution in [2.75, 3.05) is 0 Å². The molecule has 6 heteroatoms. The summed E-state index contributed by atoms with van der Waals surface area (Å²) in [7, 11) is 0. The van der Waals surface area contributed by atoms with Gasteiger partial charge in [0, 0.05) is 23.1 Å². The molecule has 0 unspecified atom stereocenters. The lowest BCUT2D eigenvalue weighted by molar-refractivity contribution is 0.100. The minimum atomic E-state index is -0.423. The van der Waals surface area contributed by atoms with Crippen LogP contribution in [0.4, 0.5) is 0 Å². The Hall–Kier alpha value is -2.44. The van der Waals surface area contributed by atoms with Gasteiger partial charge in [-0.05, 0) is 38.1 Å². The maximum atomic E-state index is 11.1. The first-order valence-corrected chi connectivity index (χ1v) is 8.55. The molecule has 2 aromatic heterocycles. The third-order valence-electron chi connectivity index (χ3n) is 3.75. The number of nitrogens with two attached hydrogens (primary N) is 1. The van der Waals surface area contributed by atoms with Crippen LogP contribution in [0.3, 0.4) is 0 Å². The Balaban J connectivity index is 1.64. The Bertz CT molecular complexity index is 836. The van der Waals surface area contributed by atoms with Crippen molar-refractivity contribution < 1.29 is 9.21 Å². The van der Waals surface area contributed by atoms with E-state index < -0.39 is 5.91 Å². The van der Waals surface area contributed by atoms with E-state index in [1.807, 2.05) is 36.6 Å². The number of primary amides is 1.